The molecule has 4 nitrogen and oxygen atoms in total. The van der Waals surface area contributed by atoms with Gasteiger partial charge in [-0.25, -0.2) is 9.37 Å². The van der Waals surface area contributed by atoms with Crippen molar-refractivity contribution < 1.29 is 9.13 Å². The highest BCUT2D eigenvalue weighted by atomic mass is 79.9. The summed E-state index contributed by atoms with van der Waals surface area (Å²) in [6.07, 6.45) is 2.96. The number of hydrogen-bond donors (Lipinski definition) is 1. The second-order valence-electron chi connectivity index (χ2n) is 3.30. The van der Waals surface area contributed by atoms with E-state index in [1.807, 2.05) is 0 Å². The Kier molecular flexibility index (Phi) is 3.53. The van der Waals surface area contributed by atoms with Crippen LogP contribution in [0.1, 0.15) is 5.69 Å². The van der Waals surface area contributed by atoms with Crippen LogP contribution in [-0.2, 0) is 6.61 Å². The molecule has 0 spiro atoms. The molecule has 0 saturated carbocycles. The van der Waals surface area contributed by atoms with E-state index in [0.29, 0.717) is 21.7 Å². The summed E-state index contributed by atoms with van der Waals surface area (Å²) in [4.78, 5) is 7.90. The average Bonchev–Trinajstić information content (AvgIpc) is 2.32. The molecule has 0 aliphatic heterocycles. The van der Waals surface area contributed by atoms with Gasteiger partial charge in [-0.3, -0.25) is 4.98 Å². The highest BCUT2D eigenvalue weighted by Gasteiger charge is 2.04. The van der Waals surface area contributed by atoms with E-state index < -0.39 is 0 Å². The lowest BCUT2D eigenvalue weighted by Crippen LogP contribution is -2.01. The molecule has 2 rings (SSSR count). The molecule has 0 aliphatic carbocycles. The van der Waals surface area contributed by atoms with Gasteiger partial charge >= 0.3 is 0 Å². The maximum Gasteiger partial charge on any atom is 0.141 e. The van der Waals surface area contributed by atoms with Gasteiger partial charge in [0.2, 0.25) is 0 Å². The zero-order valence-corrected chi connectivity index (χ0v) is 10.3. The van der Waals surface area contributed by atoms with Gasteiger partial charge in [-0.15, -0.1) is 0 Å². The van der Waals surface area contributed by atoms with Gasteiger partial charge in [0.1, 0.15) is 24.0 Å². The zero-order chi connectivity index (χ0) is 12.3. The van der Waals surface area contributed by atoms with Crippen molar-refractivity contribution in [1.29, 1.82) is 0 Å². The molecule has 1 heterocycles. The number of nitrogens with two attached hydrogens (primary N) is 1. The third-order valence-electron chi connectivity index (χ3n) is 1.99. The molecule has 0 amide bonds. The number of anilines is 1. The summed E-state index contributed by atoms with van der Waals surface area (Å²) < 4.78 is 19.1. The summed E-state index contributed by atoms with van der Waals surface area (Å²) in [6, 6.07) is 4.23. The minimum atomic E-state index is -0.355. The van der Waals surface area contributed by atoms with Crippen LogP contribution in [0.4, 0.5) is 10.2 Å². The van der Waals surface area contributed by atoms with Crippen LogP contribution in [0.25, 0.3) is 0 Å². The molecule has 1 aromatic heterocycles. The standard InChI is InChI=1S/C11H9BrFN3O/c12-9-2-1-7(13)3-10(9)17-6-8-4-16-11(14)5-15-8/h1-5H,6H2,(H2,14,16). The van der Waals surface area contributed by atoms with Crippen molar-refractivity contribution in [3.05, 3.63) is 46.6 Å². The molecule has 6 heteroatoms. The van der Waals surface area contributed by atoms with Crippen molar-refractivity contribution in [3.63, 3.8) is 0 Å². The van der Waals surface area contributed by atoms with Gasteiger partial charge in [0.05, 0.1) is 22.6 Å². The lowest BCUT2D eigenvalue weighted by Gasteiger charge is -2.07. The molecule has 0 unspecified atom stereocenters. The van der Waals surface area contributed by atoms with Crippen LogP contribution in [-0.4, -0.2) is 9.97 Å². The lowest BCUT2D eigenvalue weighted by molar-refractivity contribution is 0.297. The molecule has 0 saturated heterocycles. The molecule has 88 valence electrons. The van der Waals surface area contributed by atoms with Crippen LogP contribution in [0.3, 0.4) is 0 Å². The molecule has 17 heavy (non-hydrogen) atoms. The van der Waals surface area contributed by atoms with Crippen LogP contribution in [0, 0.1) is 5.82 Å². The van der Waals surface area contributed by atoms with Gasteiger partial charge in [-0.05, 0) is 28.1 Å². The van der Waals surface area contributed by atoms with E-state index in [9.17, 15) is 4.39 Å². The quantitative estimate of drug-likeness (QED) is 0.946. The van der Waals surface area contributed by atoms with E-state index in [0.717, 1.165) is 0 Å². The zero-order valence-electron chi connectivity index (χ0n) is 8.73. The third-order valence-corrected chi connectivity index (χ3v) is 2.65. The van der Waals surface area contributed by atoms with Gasteiger partial charge in [-0.1, -0.05) is 0 Å². The van der Waals surface area contributed by atoms with Crippen LogP contribution >= 0.6 is 15.9 Å². The van der Waals surface area contributed by atoms with Crippen molar-refractivity contribution in [2.75, 3.05) is 5.73 Å². The molecule has 0 radical (unpaired) electrons. The Morgan fingerprint density at radius 3 is 2.82 bits per heavy atom. The third kappa shape index (κ3) is 3.13. The molecule has 0 aliphatic rings. The summed E-state index contributed by atoms with van der Waals surface area (Å²) in [5.41, 5.74) is 6.03. The van der Waals surface area contributed by atoms with E-state index in [1.54, 1.807) is 6.07 Å². The smallest absolute Gasteiger partial charge is 0.141 e. The fourth-order valence-corrected chi connectivity index (χ4v) is 1.54. The highest BCUT2D eigenvalue weighted by Crippen LogP contribution is 2.26. The van der Waals surface area contributed by atoms with E-state index in [4.69, 9.17) is 10.5 Å². The Balaban J connectivity index is 2.07. The number of benzene rings is 1. The van der Waals surface area contributed by atoms with Crippen molar-refractivity contribution in [2.24, 2.45) is 0 Å². The molecule has 1 aromatic carbocycles. The minimum Gasteiger partial charge on any atom is -0.486 e. The van der Waals surface area contributed by atoms with Crippen LogP contribution < -0.4 is 10.5 Å². The molecule has 2 N–H and O–H groups in total. The monoisotopic (exact) mass is 297 g/mol. The van der Waals surface area contributed by atoms with Gasteiger partial charge in [0, 0.05) is 6.07 Å². The first-order valence-electron chi connectivity index (χ1n) is 4.79. The maximum absolute atomic E-state index is 13.0. The Hall–Kier alpha value is -1.69. The van der Waals surface area contributed by atoms with Crippen molar-refractivity contribution >= 4 is 21.7 Å². The Morgan fingerprint density at radius 2 is 2.12 bits per heavy atom. The van der Waals surface area contributed by atoms with Crippen LogP contribution in [0.5, 0.6) is 5.75 Å². The minimum absolute atomic E-state index is 0.204. The Bertz CT molecular complexity index is 519. The van der Waals surface area contributed by atoms with Gasteiger partial charge < -0.3 is 10.5 Å². The average molecular weight is 298 g/mol. The molecule has 0 bridgehead atoms. The van der Waals surface area contributed by atoms with Gasteiger partial charge in [-0.2, -0.15) is 0 Å². The summed E-state index contributed by atoms with van der Waals surface area (Å²) in [5.74, 6) is 0.413. The van der Waals surface area contributed by atoms with Gasteiger partial charge in [0.25, 0.3) is 0 Å². The number of hydrogen-bond acceptors (Lipinski definition) is 4. The summed E-state index contributed by atoms with van der Waals surface area (Å²) >= 11 is 3.27. The first-order chi connectivity index (χ1) is 8.15. The summed E-state index contributed by atoms with van der Waals surface area (Å²) in [7, 11) is 0. The Labute approximate surface area is 106 Å². The largest absolute Gasteiger partial charge is 0.486 e. The summed E-state index contributed by atoms with van der Waals surface area (Å²) in [6.45, 7) is 0.204. The van der Waals surface area contributed by atoms with E-state index >= 15 is 0 Å². The SMILES string of the molecule is Nc1cnc(COc2cc(F)ccc2Br)cn1. The van der Waals surface area contributed by atoms with Crippen molar-refractivity contribution in [2.45, 2.75) is 6.61 Å². The molecular formula is C11H9BrFN3O. The number of ether oxygens (including phenoxy) is 1. The van der Waals surface area contributed by atoms with Gasteiger partial charge in [0.15, 0.2) is 0 Å². The predicted octanol–water partition coefficient (Wildman–Crippen LogP) is 2.54. The second-order valence-corrected chi connectivity index (χ2v) is 4.15. The van der Waals surface area contributed by atoms with Crippen molar-refractivity contribution in [1.82, 2.24) is 9.97 Å². The fraction of sp³-hybridized carbons (Fsp3) is 0.0909. The molecule has 2 aromatic rings. The second kappa shape index (κ2) is 5.09. The van der Waals surface area contributed by atoms with E-state index in [-0.39, 0.29) is 12.4 Å². The van der Waals surface area contributed by atoms with E-state index in [2.05, 4.69) is 25.9 Å². The molecule has 0 atom stereocenters. The number of halogens is 2. The number of rotatable bonds is 3. The Morgan fingerprint density at radius 1 is 1.29 bits per heavy atom. The number of aromatic nitrogens is 2. The van der Waals surface area contributed by atoms with E-state index in [1.165, 1.54) is 24.5 Å². The highest BCUT2D eigenvalue weighted by molar-refractivity contribution is 9.10. The maximum atomic E-state index is 13.0. The number of nitrogen functional groups attached to an aromatic ring is 1. The van der Waals surface area contributed by atoms with Crippen LogP contribution in [0.15, 0.2) is 35.1 Å². The topological polar surface area (TPSA) is 61.0 Å². The number of nitrogens with zero attached hydrogens (tertiary/aromatic N) is 2. The molecular weight excluding hydrogens is 289 g/mol. The van der Waals surface area contributed by atoms with Crippen molar-refractivity contribution in [3.8, 4) is 5.75 Å². The first kappa shape index (κ1) is 11.8. The first-order valence-corrected chi connectivity index (χ1v) is 5.58. The van der Waals surface area contributed by atoms with Crippen LogP contribution in [0.2, 0.25) is 0 Å². The molecule has 0 fully saturated rings. The fourth-order valence-electron chi connectivity index (χ4n) is 1.18. The normalized spacial score (nSPS) is 10.2. The lowest BCUT2D eigenvalue weighted by atomic mass is 10.3. The predicted molar refractivity (Wildman–Crippen MR) is 64.9 cm³/mol. The summed E-state index contributed by atoms with van der Waals surface area (Å²) in [5, 5.41) is 0.